The third-order valence-electron chi connectivity index (χ3n) is 11.5. The van der Waals surface area contributed by atoms with Crippen LogP contribution < -0.4 is 4.72 Å². The maximum atomic E-state index is 14.9. The van der Waals surface area contributed by atoms with Crippen molar-refractivity contribution in [2.45, 2.75) is 74.1 Å². The number of carbonyl (C=O) groups is 2. The van der Waals surface area contributed by atoms with Gasteiger partial charge in [0.05, 0.1) is 33.0 Å². The number of likely N-dealkylation sites (N-methyl/N-ethyl adjacent to an activating group) is 1. The number of amides is 2. The lowest BCUT2D eigenvalue weighted by Crippen LogP contribution is -2.66. The molecule has 3 aliphatic heterocycles. The van der Waals surface area contributed by atoms with Crippen molar-refractivity contribution in [1.82, 2.24) is 23.5 Å². The van der Waals surface area contributed by atoms with Crippen LogP contribution in [0, 0.1) is 13.8 Å². The normalized spacial score (nSPS) is 22.6. The van der Waals surface area contributed by atoms with Gasteiger partial charge >= 0.3 is 0 Å². The van der Waals surface area contributed by atoms with Gasteiger partial charge in [0.1, 0.15) is 12.2 Å². The first-order chi connectivity index (χ1) is 28.0. The molecule has 2 fully saturated rings. The van der Waals surface area contributed by atoms with Crippen LogP contribution in [0.4, 0.5) is 0 Å². The van der Waals surface area contributed by atoms with Gasteiger partial charge in [-0.05, 0) is 64.1 Å². The summed E-state index contributed by atoms with van der Waals surface area (Å²) in [6, 6.07) is 25.9. The summed E-state index contributed by atoms with van der Waals surface area (Å²) in [6.45, 7) is 6.90. The Balaban J connectivity index is 1.19. The molecule has 2 saturated heterocycles. The number of aromatic amines is 1. The van der Waals surface area contributed by atoms with Crippen molar-refractivity contribution >= 4 is 64.8 Å². The van der Waals surface area contributed by atoms with E-state index in [-0.39, 0.29) is 34.0 Å². The van der Waals surface area contributed by atoms with Gasteiger partial charge in [-0.15, -0.1) is 0 Å². The summed E-state index contributed by atoms with van der Waals surface area (Å²) in [5.74, 6) is -2.10. The van der Waals surface area contributed by atoms with Crippen LogP contribution in [0.15, 0.2) is 119 Å². The largest absolute Gasteiger partial charge is 0.361 e. The molecule has 15 heteroatoms. The molecule has 0 saturated carbocycles. The number of hydrogen-bond acceptors (Lipinski definition) is 8. The average Bonchev–Trinajstić information content (AvgIpc) is 3.94. The fraction of sp³-hybridized carbons (Fsp3) is 0.273. The van der Waals surface area contributed by atoms with E-state index >= 15 is 0 Å². The average molecular weight is 834 g/mol. The number of carbonyl (C=O) groups excluding carboxylic acids is 2. The summed E-state index contributed by atoms with van der Waals surface area (Å²) in [5, 5.41) is 1.48. The molecule has 2 aromatic heterocycles. The highest BCUT2D eigenvalue weighted by Crippen LogP contribution is 2.43. The molecule has 2 amide bonds. The Morgan fingerprint density at radius 1 is 0.746 bits per heavy atom. The number of imide groups is 1. The second-order valence-corrected chi connectivity index (χ2v) is 19.5. The van der Waals surface area contributed by atoms with E-state index < -0.39 is 61.9 Å². The number of nitrogens with one attached hydrogen (secondary N) is 2. The Morgan fingerprint density at radius 3 is 2.00 bits per heavy atom. The lowest BCUT2D eigenvalue weighted by molar-refractivity contribution is -0.148. The fourth-order valence-electron chi connectivity index (χ4n) is 8.65. The van der Waals surface area contributed by atoms with Crippen molar-refractivity contribution in [3.63, 3.8) is 0 Å². The van der Waals surface area contributed by atoms with E-state index in [0.717, 1.165) is 26.9 Å². The van der Waals surface area contributed by atoms with Crippen molar-refractivity contribution in [2.75, 3.05) is 13.6 Å². The summed E-state index contributed by atoms with van der Waals surface area (Å²) in [4.78, 5) is 32.4. The molecule has 0 unspecified atom stereocenters. The number of H-pyrrole nitrogens is 1. The van der Waals surface area contributed by atoms with Crippen LogP contribution >= 0.6 is 0 Å². The number of hydrogen-bond donors (Lipinski definition) is 2. The Bertz CT molecular complexity index is 2930. The number of ether oxygens (including phenoxy) is 2. The third-order valence-corrected chi connectivity index (χ3v) is 14.9. The number of sulfonamides is 2. The molecule has 0 radical (unpaired) electrons. The predicted molar refractivity (Wildman–Crippen MR) is 223 cm³/mol. The zero-order valence-corrected chi connectivity index (χ0v) is 34.7. The number of fused-ring (bicyclic) bond motifs is 3. The van der Waals surface area contributed by atoms with Crippen LogP contribution in [0.25, 0.3) is 33.0 Å². The molecule has 0 aliphatic carbocycles. The third kappa shape index (κ3) is 6.62. The SMILES string of the molecule is Cc1ccc(S(=O)(=O)N[C@H]2CN(S(=O)(=O)c3ccc(C)cc3)[C@@H](Cn3cc(C4=C(c5c[nH]c6ccccc56)C(=O)N(C)C4=O)c4ccccc43)[C@H]3OC(C)(C)O[C@@H]32)cc1. The summed E-state index contributed by atoms with van der Waals surface area (Å²) in [6.07, 6.45) is 1.69. The number of nitrogens with zero attached hydrogens (tertiary/aromatic N) is 3. The van der Waals surface area contributed by atoms with Gasteiger partial charge < -0.3 is 19.0 Å². The Labute approximate surface area is 342 Å². The highest BCUT2D eigenvalue weighted by molar-refractivity contribution is 7.89. The lowest BCUT2D eigenvalue weighted by Gasteiger charge is -2.44. The summed E-state index contributed by atoms with van der Waals surface area (Å²) in [7, 11) is -6.97. The van der Waals surface area contributed by atoms with E-state index in [1.807, 2.05) is 66.9 Å². The maximum Gasteiger partial charge on any atom is 0.261 e. The molecule has 5 heterocycles. The van der Waals surface area contributed by atoms with Gasteiger partial charge in [-0.1, -0.05) is 71.8 Å². The second-order valence-electron chi connectivity index (χ2n) is 15.9. The Kier molecular flexibility index (Phi) is 9.34. The summed E-state index contributed by atoms with van der Waals surface area (Å²) >= 11 is 0. The van der Waals surface area contributed by atoms with Gasteiger partial charge in [-0.3, -0.25) is 14.5 Å². The molecule has 3 aliphatic rings. The van der Waals surface area contributed by atoms with Crippen LogP contribution in [0.1, 0.15) is 36.1 Å². The summed E-state index contributed by atoms with van der Waals surface area (Å²) < 4.78 is 76.5. The Hall–Kier alpha value is -5.42. The van der Waals surface area contributed by atoms with Gasteiger partial charge in [0.2, 0.25) is 20.0 Å². The van der Waals surface area contributed by atoms with E-state index in [1.54, 1.807) is 50.5 Å². The topological polar surface area (TPSA) is 160 Å². The van der Waals surface area contributed by atoms with Gasteiger partial charge in [-0.2, -0.15) is 4.31 Å². The first kappa shape index (κ1) is 39.1. The highest BCUT2D eigenvalue weighted by atomic mass is 32.2. The van der Waals surface area contributed by atoms with E-state index in [0.29, 0.717) is 22.0 Å². The quantitative estimate of drug-likeness (QED) is 0.179. The van der Waals surface area contributed by atoms with Crippen molar-refractivity contribution < 1.29 is 35.9 Å². The lowest BCUT2D eigenvalue weighted by atomic mass is 9.94. The minimum atomic E-state index is -4.30. The minimum absolute atomic E-state index is 0.0251. The number of benzene rings is 4. The van der Waals surface area contributed by atoms with E-state index in [4.69, 9.17) is 9.47 Å². The molecule has 59 heavy (non-hydrogen) atoms. The number of rotatable bonds is 9. The molecule has 4 aromatic carbocycles. The van der Waals surface area contributed by atoms with Crippen LogP contribution in [-0.4, -0.2) is 91.1 Å². The number of aryl methyl sites for hydroxylation is 2. The van der Waals surface area contributed by atoms with Gasteiger partial charge in [0.25, 0.3) is 11.8 Å². The van der Waals surface area contributed by atoms with Crippen molar-refractivity contribution in [1.29, 1.82) is 0 Å². The van der Waals surface area contributed by atoms with Crippen molar-refractivity contribution in [3.8, 4) is 0 Å². The predicted octanol–water partition coefficient (Wildman–Crippen LogP) is 5.59. The molecule has 2 N–H and O–H groups in total. The first-order valence-electron chi connectivity index (χ1n) is 19.3. The smallest absolute Gasteiger partial charge is 0.261 e. The number of aromatic nitrogens is 2. The minimum Gasteiger partial charge on any atom is -0.361 e. The molecule has 6 aromatic rings. The molecule has 0 spiro atoms. The second kappa shape index (κ2) is 14.1. The zero-order valence-electron chi connectivity index (χ0n) is 33.0. The Morgan fingerprint density at radius 2 is 1.32 bits per heavy atom. The van der Waals surface area contributed by atoms with E-state index in [9.17, 15) is 26.4 Å². The van der Waals surface area contributed by atoms with E-state index in [1.165, 1.54) is 35.6 Å². The van der Waals surface area contributed by atoms with Gasteiger partial charge in [-0.25, -0.2) is 21.6 Å². The van der Waals surface area contributed by atoms with E-state index in [2.05, 4.69) is 9.71 Å². The van der Waals surface area contributed by atoms with Crippen LogP contribution in [0.2, 0.25) is 0 Å². The monoisotopic (exact) mass is 833 g/mol. The molecule has 9 rings (SSSR count). The molecule has 0 bridgehead atoms. The number of para-hydroxylation sites is 2. The highest BCUT2D eigenvalue weighted by Gasteiger charge is 2.57. The fourth-order valence-corrected chi connectivity index (χ4v) is 11.5. The molecule has 4 atom stereocenters. The number of piperidine rings is 1. The standard InChI is InChI=1S/C44H43N5O8S2/c1-26-14-18-28(19-15-26)58(52,53)46-35-24-49(59(54,55)29-20-16-27(2)17-21-29)37(41-40(35)56-44(3,4)57-41)25-48-23-33(31-11-7-9-13-36(31)48)39-38(42(50)47(5)43(39)51)32-22-45-34-12-8-6-10-30(32)34/h6-23,35,37,40-41,45-46H,24-25H2,1-5H3/t35-,37-,40+,41+/m0/s1. The summed E-state index contributed by atoms with van der Waals surface area (Å²) in [5.41, 5.74) is 4.86. The molecular formula is C44H43N5O8S2. The van der Waals surface area contributed by atoms with Crippen LogP contribution in [0.5, 0.6) is 0 Å². The van der Waals surface area contributed by atoms with Gasteiger partial charge in [0, 0.05) is 65.5 Å². The van der Waals surface area contributed by atoms with Crippen LogP contribution in [-0.2, 0) is 45.7 Å². The van der Waals surface area contributed by atoms with Crippen LogP contribution in [0.3, 0.4) is 0 Å². The zero-order chi connectivity index (χ0) is 41.6. The van der Waals surface area contributed by atoms with Gasteiger partial charge in [0.15, 0.2) is 5.79 Å². The molecule has 304 valence electrons. The maximum absolute atomic E-state index is 14.9. The first-order valence-corrected chi connectivity index (χ1v) is 22.2. The van der Waals surface area contributed by atoms with Crippen molar-refractivity contribution in [3.05, 3.63) is 132 Å². The molecule has 13 nitrogen and oxygen atoms in total. The molecular weight excluding hydrogens is 791 g/mol. The van der Waals surface area contributed by atoms with Crippen molar-refractivity contribution in [2.24, 2.45) is 0 Å².